The summed E-state index contributed by atoms with van der Waals surface area (Å²) in [7, 11) is 0. The number of piperidine rings is 1. The fraction of sp³-hybridized carbons (Fsp3) is 0.481. The van der Waals surface area contributed by atoms with Crippen LogP contribution in [-0.4, -0.2) is 96.9 Å². The van der Waals surface area contributed by atoms with Crippen LogP contribution in [0.2, 0.25) is 0 Å². The third kappa shape index (κ3) is 3.98. The number of nitrogens with one attached hydrogen (secondary N) is 1. The van der Waals surface area contributed by atoms with Crippen LogP contribution in [-0.2, 0) is 30.2 Å². The zero-order valence-electron chi connectivity index (χ0n) is 20.8. The summed E-state index contributed by atoms with van der Waals surface area (Å²) in [5.74, 6) is -2.62. The number of hydrogen-bond acceptors (Lipinski definition) is 9. The number of fused-ring (bicyclic) bond motifs is 6. The first-order chi connectivity index (χ1) is 18.7. The van der Waals surface area contributed by atoms with Gasteiger partial charge in [-0.05, 0) is 18.1 Å². The number of rotatable bonds is 5. The average molecular weight is 543 g/mol. The van der Waals surface area contributed by atoms with Gasteiger partial charge in [0.1, 0.15) is 30.5 Å². The van der Waals surface area contributed by atoms with Gasteiger partial charge >= 0.3 is 5.97 Å². The SMILES string of the molecule is C=CC1C(OC2OC(CO)C(O)C(O)C2O)OC=C2C(=O)N3C(C(=O)O)Cc4c([nH]c5ccccc45)C3CC21. The van der Waals surface area contributed by atoms with E-state index in [1.807, 2.05) is 24.3 Å². The van der Waals surface area contributed by atoms with E-state index in [1.54, 1.807) is 6.08 Å². The van der Waals surface area contributed by atoms with Gasteiger partial charge in [0.15, 0.2) is 6.29 Å². The molecule has 4 aliphatic heterocycles. The first kappa shape index (κ1) is 26.0. The van der Waals surface area contributed by atoms with E-state index in [0.29, 0.717) is 6.42 Å². The zero-order chi connectivity index (χ0) is 27.6. The van der Waals surface area contributed by atoms with Gasteiger partial charge in [0.05, 0.1) is 24.5 Å². The Bertz CT molecular complexity index is 1340. The minimum absolute atomic E-state index is 0.170. The minimum atomic E-state index is -1.63. The molecular weight excluding hydrogens is 512 g/mol. The highest BCUT2D eigenvalue weighted by molar-refractivity contribution is 5.99. The lowest BCUT2D eigenvalue weighted by molar-refractivity contribution is -0.339. The van der Waals surface area contributed by atoms with E-state index in [2.05, 4.69) is 11.6 Å². The molecule has 6 rings (SSSR count). The third-order valence-electron chi connectivity index (χ3n) is 8.39. The number of aromatic nitrogens is 1. The van der Waals surface area contributed by atoms with Crippen molar-refractivity contribution in [3.63, 3.8) is 0 Å². The maximum Gasteiger partial charge on any atom is 0.326 e. The number of carboxylic acids is 1. The maximum atomic E-state index is 13.8. The van der Waals surface area contributed by atoms with Crippen LogP contribution < -0.4 is 0 Å². The molecule has 2 fully saturated rings. The number of aliphatic hydroxyl groups excluding tert-OH is 4. The Morgan fingerprint density at radius 3 is 2.67 bits per heavy atom. The molecule has 12 nitrogen and oxygen atoms in total. The molecule has 0 radical (unpaired) electrons. The maximum absolute atomic E-state index is 13.8. The van der Waals surface area contributed by atoms with E-state index < -0.39 is 79.4 Å². The number of hydrogen-bond donors (Lipinski definition) is 6. The molecule has 10 atom stereocenters. The first-order valence-electron chi connectivity index (χ1n) is 12.8. The van der Waals surface area contributed by atoms with E-state index in [1.165, 1.54) is 11.2 Å². The van der Waals surface area contributed by atoms with Crippen LogP contribution in [0.1, 0.15) is 23.7 Å². The number of ether oxygens (including phenoxy) is 3. The van der Waals surface area contributed by atoms with Crippen LogP contribution in [0, 0.1) is 11.8 Å². The van der Waals surface area contributed by atoms with Crippen LogP contribution >= 0.6 is 0 Å². The lowest BCUT2D eigenvalue weighted by Crippen LogP contribution is -2.60. The van der Waals surface area contributed by atoms with Gasteiger partial charge in [-0.1, -0.05) is 24.3 Å². The largest absolute Gasteiger partial charge is 0.480 e. The Balaban J connectivity index is 1.33. The van der Waals surface area contributed by atoms with Gasteiger partial charge in [0.2, 0.25) is 6.29 Å². The molecular formula is C27H30N2O10. The highest BCUT2D eigenvalue weighted by Gasteiger charge is 2.53. The summed E-state index contributed by atoms with van der Waals surface area (Å²) >= 11 is 0. The van der Waals surface area contributed by atoms with Gasteiger partial charge in [0, 0.05) is 34.9 Å². The summed E-state index contributed by atoms with van der Waals surface area (Å²) in [5.41, 5.74) is 2.81. The van der Waals surface area contributed by atoms with E-state index in [0.717, 1.165) is 22.2 Å². The van der Waals surface area contributed by atoms with Crippen LogP contribution in [0.4, 0.5) is 0 Å². The highest BCUT2D eigenvalue weighted by Crippen LogP contribution is 2.49. The fourth-order valence-electron chi connectivity index (χ4n) is 6.40. The summed E-state index contributed by atoms with van der Waals surface area (Å²) in [6.07, 6.45) is -5.14. The molecule has 2 saturated heterocycles. The third-order valence-corrected chi connectivity index (χ3v) is 8.39. The second kappa shape index (κ2) is 9.73. The summed E-state index contributed by atoms with van der Waals surface area (Å²) in [4.78, 5) is 30.9. The Morgan fingerprint density at radius 2 is 1.95 bits per heavy atom. The molecule has 0 aliphatic carbocycles. The number of aliphatic carboxylic acids is 1. The molecule has 0 spiro atoms. The summed E-state index contributed by atoms with van der Waals surface area (Å²) in [6.45, 7) is 3.29. The summed E-state index contributed by atoms with van der Waals surface area (Å²) in [6, 6.07) is 6.01. The Labute approximate surface area is 222 Å². The molecule has 6 N–H and O–H groups in total. The van der Waals surface area contributed by atoms with E-state index in [9.17, 15) is 35.1 Å². The van der Waals surface area contributed by atoms with Gasteiger partial charge < -0.3 is 49.6 Å². The number of carbonyl (C=O) groups is 2. The predicted octanol–water partition coefficient (Wildman–Crippen LogP) is -0.0743. The number of amides is 1. The Morgan fingerprint density at radius 1 is 1.18 bits per heavy atom. The second-order valence-electron chi connectivity index (χ2n) is 10.4. The van der Waals surface area contributed by atoms with Crippen molar-refractivity contribution >= 4 is 22.8 Å². The lowest BCUT2D eigenvalue weighted by Gasteiger charge is -2.49. The quantitative estimate of drug-likeness (QED) is 0.280. The van der Waals surface area contributed by atoms with Gasteiger partial charge in [-0.2, -0.15) is 0 Å². The molecule has 0 saturated carbocycles. The van der Waals surface area contributed by atoms with Gasteiger partial charge in [-0.25, -0.2) is 4.79 Å². The number of carbonyl (C=O) groups excluding carboxylic acids is 1. The normalized spacial score (nSPS) is 37.8. The first-order valence-corrected chi connectivity index (χ1v) is 12.8. The van der Waals surface area contributed by atoms with Crippen LogP contribution in [0.5, 0.6) is 0 Å². The number of aliphatic hydroxyl groups is 4. The van der Waals surface area contributed by atoms with Crippen molar-refractivity contribution in [1.29, 1.82) is 0 Å². The van der Waals surface area contributed by atoms with Gasteiger partial charge in [0.25, 0.3) is 5.91 Å². The molecule has 0 bridgehead atoms. The average Bonchev–Trinajstić information content (AvgIpc) is 3.31. The van der Waals surface area contributed by atoms with Crippen molar-refractivity contribution in [2.75, 3.05) is 6.61 Å². The van der Waals surface area contributed by atoms with Crippen molar-refractivity contribution in [2.45, 2.75) is 61.9 Å². The highest BCUT2D eigenvalue weighted by atomic mass is 16.8. The van der Waals surface area contributed by atoms with Gasteiger partial charge in [-0.3, -0.25) is 4.79 Å². The van der Waals surface area contributed by atoms with E-state index >= 15 is 0 Å². The molecule has 4 aliphatic rings. The molecule has 2 aromatic rings. The lowest BCUT2D eigenvalue weighted by atomic mass is 9.73. The predicted molar refractivity (Wildman–Crippen MR) is 133 cm³/mol. The molecule has 12 heteroatoms. The monoisotopic (exact) mass is 542 g/mol. The number of nitrogens with zero attached hydrogens (tertiary/aromatic N) is 1. The van der Waals surface area contributed by atoms with Crippen LogP contribution in [0.15, 0.2) is 48.8 Å². The smallest absolute Gasteiger partial charge is 0.326 e. The van der Waals surface area contributed by atoms with E-state index in [-0.39, 0.29) is 12.0 Å². The molecule has 1 aromatic heterocycles. The zero-order valence-corrected chi connectivity index (χ0v) is 20.8. The number of carboxylic acid groups (broad SMARTS) is 1. The Kier molecular flexibility index (Phi) is 6.49. The van der Waals surface area contributed by atoms with Crippen molar-refractivity contribution in [3.8, 4) is 0 Å². The van der Waals surface area contributed by atoms with Crippen molar-refractivity contribution in [2.24, 2.45) is 11.8 Å². The van der Waals surface area contributed by atoms with Crippen LogP contribution in [0.25, 0.3) is 10.9 Å². The Hall–Kier alpha value is -3.26. The van der Waals surface area contributed by atoms with Crippen molar-refractivity contribution < 1.29 is 49.3 Å². The number of H-pyrrole nitrogens is 1. The summed E-state index contributed by atoms with van der Waals surface area (Å²) in [5, 5.41) is 51.1. The molecule has 39 heavy (non-hydrogen) atoms. The van der Waals surface area contributed by atoms with E-state index in [4.69, 9.17) is 14.2 Å². The standard InChI is InChI=1S/C27H30N2O10/c1-2-11-13-7-17-20-14(12-5-3-4-6-16(12)28-20)8-18(25(35)36)29(17)24(34)15(13)10-37-26(11)39-27-23(33)22(32)21(31)19(9-30)38-27/h2-6,10-11,13,17-19,21-23,26-28,30-33H,1,7-9H2,(H,35,36). The number of benzene rings is 1. The second-order valence-corrected chi connectivity index (χ2v) is 10.4. The molecule has 208 valence electrons. The van der Waals surface area contributed by atoms with Crippen molar-refractivity contribution in [3.05, 3.63) is 60.0 Å². The molecule has 5 heterocycles. The molecule has 10 unspecified atom stereocenters. The number of aromatic amines is 1. The van der Waals surface area contributed by atoms with Crippen LogP contribution in [0.3, 0.4) is 0 Å². The topological polar surface area (TPSA) is 182 Å². The van der Waals surface area contributed by atoms with Gasteiger partial charge in [-0.15, -0.1) is 6.58 Å². The molecule has 1 amide bonds. The summed E-state index contributed by atoms with van der Waals surface area (Å²) < 4.78 is 17.1. The molecule has 1 aromatic carbocycles. The fourth-order valence-corrected chi connectivity index (χ4v) is 6.40. The number of para-hydroxylation sites is 1. The minimum Gasteiger partial charge on any atom is -0.480 e. The van der Waals surface area contributed by atoms with Crippen molar-refractivity contribution in [1.82, 2.24) is 9.88 Å².